The van der Waals surface area contributed by atoms with E-state index in [2.05, 4.69) is 29.2 Å². The Hall–Kier alpha value is -2.09. The Balaban J connectivity index is 2.04. The van der Waals surface area contributed by atoms with Crippen LogP contribution in [0.3, 0.4) is 0 Å². The zero-order valence-electron chi connectivity index (χ0n) is 11.8. The number of hydrogen-bond donors (Lipinski definition) is 0. The molecule has 3 rings (SSSR count). The van der Waals surface area contributed by atoms with Crippen molar-refractivity contribution in [2.24, 2.45) is 0 Å². The van der Waals surface area contributed by atoms with Crippen molar-refractivity contribution in [3.63, 3.8) is 0 Å². The molecular formula is C18H19NO. The Kier molecular flexibility index (Phi) is 3.82. The number of rotatable bonds is 3. The summed E-state index contributed by atoms with van der Waals surface area (Å²) in [5.74, 6) is 0.907. The van der Waals surface area contributed by atoms with Crippen molar-refractivity contribution in [1.82, 2.24) is 4.98 Å². The van der Waals surface area contributed by atoms with Crippen molar-refractivity contribution < 1.29 is 4.74 Å². The first-order chi connectivity index (χ1) is 9.88. The average molecular weight is 265 g/mol. The molecule has 0 aliphatic heterocycles. The molecule has 2 aromatic rings. The molecule has 1 aliphatic carbocycles. The van der Waals surface area contributed by atoms with Crippen LogP contribution in [0.1, 0.15) is 36.9 Å². The van der Waals surface area contributed by atoms with E-state index in [0.29, 0.717) is 0 Å². The first-order valence-electron chi connectivity index (χ1n) is 7.16. The molecule has 1 aromatic carbocycles. The highest BCUT2D eigenvalue weighted by molar-refractivity contribution is 5.90. The third kappa shape index (κ3) is 2.60. The molecule has 102 valence electrons. The Bertz CT molecular complexity index is 599. The van der Waals surface area contributed by atoms with Gasteiger partial charge in [0.1, 0.15) is 5.75 Å². The zero-order chi connectivity index (χ0) is 13.8. The van der Waals surface area contributed by atoms with Gasteiger partial charge in [0.2, 0.25) is 0 Å². The minimum absolute atomic E-state index is 0.907. The highest BCUT2D eigenvalue weighted by Crippen LogP contribution is 2.37. The molecule has 0 radical (unpaired) electrons. The molecule has 0 saturated carbocycles. The number of methoxy groups -OCH3 is 1. The lowest BCUT2D eigenvalue weighted by Crippen LogP contribution is -2.00. The van der Waals surface area contributed by atoms with Crippen LogP contribution in [0.5, 0.6) is 5.75 Å². The summed E-state index contributed by atoms with van der Waals surface area (Å²) < 4.78 is 5.24. The fourth-order valence-corrected chi connectivity index (χ4v) is 2.84. The van der Waals surface area contributed by atoms with Crippen LogP contribution in [0.2, 0.25) is 0 Å². The lowest BCUT2D eigenvalue weighted by molar-refractivity contribution is 0.415. The third-order valence-electron chi connectivity index (χ3n) is 3.88. The van der Waals surface area contributed by atoms with E-state index in [1.54, 1.807) is 7.11 Å². The quantitative estimate of drug-likeness (QED) is 0.810. The summed E-state index contributed by atoms with van der Waals surface area (Å²) in [5.41, 5.74) is 5.27. The van der Waals surface area contributed by atoms with Gasteiger partial charge in [-0.3, -0.25) is 4.98 Å². The number of pyridine rings is 1. The number of aromatic nitrogens is 1. The van der Waals surface area contributed by atoms with Gasteiger partial charge in [-0.05, 0) is 66.7 Å². The minimum atomic E-state index is 0.907. The fourth-order valence-electron chi connectivity index (χ4n) is 2.84. The SMILES string of the molecule is COc1ccc(C2=C(c3ccccn3)CCCC2)cc1. The molecule has 0 spiro atoms. The van der Waals surface area contributed by atoms with Gasteiger partial charge in [-0.15, -0.1) is 0 Å². The van der Waals surface area contributed by atoms with E-state index in [1.165, 1.54) is 29.6 Å². The van der Waals surface area contributed by atoms with Crippen LogP contribution in [0.4, 0.5) is 0 Å². The molecule has 0 atom stereocenters. The summed E-state index contributed by atoms with van der Waals surface area (Å²) in [6, 6.07) is 14.5. The third-order valence-corrected chi connectivity index (χ3v) is 3.88. The van der Waals surface area contributed by atoms with Crippen LogP contribution in [0, 0.1) is 0 Å². The standard InChI is InChI=1S/C18H19NO/c1-20-15-11-9-14(10-12-15)16-6-2-3-7-17(16)18-8-4-5-13-19-18/h4-5,8-13H,2-3,6-7H2,1H3. The van der Waals surface area contributed by atoms with Gasteiger partial charge < -0.3 is 4.74 Å². The molecule has 0 unspecified atom stereocenters. The molecule has 0 bridgehead atoms. The summed E-state index contributed by atoms with van der Waals surface area (Å²) >= 11 is 0. The molecule has 20 heavy (non-hydrogen) atoms. The van der Waals surface area contributed by atoms with Crippen molar-refractivity contribution in [2.75, 3.05) is 7.11 Å². The van der Waals surface area contributed by atoms with E-state index in [1.807, 2.05) is 24.4 Å². The van der Waals surface area contributed by atoms with Gasteiger partial charge >= 0.3 is 0 Å². The van der Waals surface area contributed by atoms with Gasteiger partial charge in [0.25, 0.3) is 0 Å². The van der Waals surface area contributed by atoms with Crippen LogP contribution in [-0.2, 0) is 0 Å². The van der Waals surface area contributed by atoms with Crippen molar-refractivity contribution in [3.8, 4) is 5.75 Å². The Labute approximate surface area is 120 Å². The van der Waals surface area contributed by atoms with Crippen LogP contribution < -0.4 is 4.74 Å². The predicted molar refractivity (Wildman–Crippen MR) is 82.5 cm³/mol. The van der Waals surface area contributed by atoms with Gasteiger partial charge in [-0.25, -0.2) is 0 Å². The molecule has 0 saturated heterocycles. The second-order valence-electron chi connectivity index (χ2n) is 5.11. The van der Waals surface area contributed by atoms with Crippen LogP contribution in [0.25, 0.3) is 11.1 Å². The predicted octanol–water partition coefficient (Wildman–Crippen LogP) is 4.58. The zero-order valence-corrected chi connectivity index (χ0v) is 11.8. The summed E-state index contributed by atoms with van der Waals surface area (Å²) in [4.78, 5) is 4.53. The molecule has 0 N–H and O–H groups in total. The molecule has 1 heterocycles. The van der Waals surface area contributed by atoms with Gasteiger partial charge in [0.15, 0.2) is 0 Å². The van der Waals surface area contributed by atoms with Gasteiger partial charge in [0, 0.05) is 6.20 Å². The normalized spacial score (nSPS) is 15.2. The molecule has 2 heteroatoms. The minimum Gasteiger partial charge on any atom is -0.497 e. The average Bonchev–Trinajstić information content (AvgIpc) is 2.56. The maximum atomic E-state index is 5.24. The van der Waals surface area contributed by atoms with E-state index >= 15 is 0 Å². The number of benzene rings is 1. The molecule has 2 nitrogen and oxygen atoms in total. The van der Waals surface area contributed by atoms with E-state index in [-0.39, 0.29) is 0 Å². The largest absolute Gasteiger partial charge is 0.497 e. The highest BCUT2D eigenvalue weighted by atomic mass is 16.5. The molecular weight excluding hydrogens is 246 g/mol. The summed E-state index contributed by atoms with van der Waals surface area (Å²) in [5, 5.41) is 0. The van der Waals surface area contributed by atoms with E-state index in [9.17, 15) is 0 Å². The Morgan fingerprint density at radius 2 is 1.65 bits per heavy atom. The molecule has 1 aromatic heterocycles. The molecule has 0 fully saturated rings. The van der Waals surface area contributed by atoms with Crippen molar-refractivity contribution >= 4 is 11.1 Å². The van der Waals surface area contributed by atoms with E-state index in [4.69, 9.17) is 4.74 Å². The number of allylic oxidation sites excluding steroid dienone is 2. The number of hydrogen-bond acceptors (Lipinski definition) is 2. The smallest absolute Gasteiger partial charge is 0.118 e. The van der Waals surface area contributed by atoms with E-state index in [0.717, 1.165) is 24.3 Å². The lowest BCUT2D eigenvalue weighted by atomic mass is 9.85. The number of ether oxygens (including phenoxy) is 1. The maximum absolute atomic E-state index is 5.24. The first kappa shape index (κ1) is 12.9. The molecule has 0 amide bonds. The Morgan fingerprint density at radius 3 is 2.30 bits per heavy atom. The molecule has 1 aliphatic rings. The van der Waals surface area contributed by atoms with Gasteiger partial charge in [0.05, 0.1) is 12.8 Å². The topological polar surface area (TPSA) is 22.1 Å². The van der Waals surface area contributed by atoms with E-state index < -0.39 is 0 Å². The lowest BCUT2D eigenvalue weighted by Gasteiger charge is -2.20. The second-order valence-corrected chi connectivity index (χ2v) is 5.11. The summed E-state index contributed by atoms with van der Waals surface area (Å²) in [6.45, 7) is 0. The highest BCUT2D eigenvalue weighted by Gasteiger charge is 2.16. The van der Waals surface area contributed by atoms with Crippen LogP contribution in [-0.4, -0.2) is 12.1 Å². The Morgan fingerprint density at radius 1 is 0.900 bits per heavy atom. The fraction of sp³-hybridized carbons (Fsp3) is 0.278. The number of nitrogens with zero attached hydrogens (tertiary/aromatic N) is 1. The van der Waals surface area contributed by atoms with Crippen molar-refractivity contribution in [3.05, 3.63) is 59.9 Å². The maximum Gasteiger partial charge on any atom is 0.118 e. The van der Waals surface area contributed by atoms with Crippen molar-refractivity contribution in [1.29, 1.82) is 0 Å². The van der Waals surface area contributed by atoms with Gasteiger partial charge in [-0.2, -0.15) is 0 Å². The summed E-state index contributed by atoms with van der Waals surface area (Å²) in [6.07, 6.45) is 6.66. The second kappa shape index (κ2) is 5.91. The van der Waals surface area contributed by atoms with Crippen LogP contribution in [0.15, 0.2) is 48.7 Å². The van der Waals surface area contributed by atoms with Gasteiger partial charge in [-0.1, -0.05) is 18.2 Å². The summed E-state index contributed by atoms with van der Waals surface area (Å²) in [7, 11) is 1.70. The monoisotopic (exact) mass is 265 g/mol. The van der Waals surface area contributed by atoms with Crippen LogP contribution >= 0.6 is 0 Å². The first-order valence-corrected chi connectivity index (χ1v) is 7.16. The van der Waals surface area contributed by atoms with Crippen molar-refractivity contribution in [2.45, 2.75) is 25.7 Å².